The van der Waals surface area contributed by atoms with Gasteiger partial charge in [0.15, 0.2) is 11.5 Å². The molecule has 0 heterocycles. The van der Waals surface area contributed by atoms with Crippen LogP contribution in [0.25, 0.3) is 22.3 Å². The van der Waals surface area contributed by atoms with E-state index in [2.05, 4.69) is 25.1 Å². The van der Waals surface area contributed by atoms with Gasteiger partial charge in [0.25, 0.3) is 0 Å². The van der Waals surface area contributed by atoms with E-state index in [-0.39, 0.29) is 0 Å². The summed E-state index contributed by atoms with van der Waals surface area (Å²) in [4.78, 5) is 0. The Morgan fingerprint density at radius 2 is 1.26 bits per heavy atom. The van der Waals surface area contributed by atoms with Crippen molar-refractivity contribution in [2.45, 2.75) is 6.92 Å². The summed E-state index contributed by atoms with van der Waals surface area (Å²) in [5.74, 6) is 2.92. The summed E-state index contributed by atoms with van der Waals surface area (Å²) in [6, 6.07) is 18.1. The van der Waals surface area contributed by atoms with E-state index in [4.69, 9.17) is 18.9 Å². The maximum absolute atomic E-state index is 5.48. The summed E-state index contributed by atoms with van der Waals surface area (Å²) >= 11 is 0. The fourth-order valence-electron chi connectivity index (χ4n) is 3.25. The van der Waals surface area contributed by atoms with Gasteiger partial charge in [-0.25, -0.2) is 0 Å². The Kier molecular flexibility index (Phi) is 5.55. The molecule has 0 aliphatic carbocycles. The zero-order valence-corrected chi connectivity index (χ0v) is 16.3. The molecule has 0 unspecified atom stereocenters. The Morgan fingerprint density at radius 3 is 1.85 bits per heavy atom. The molecular weight excluding hydrogens is 340 g/mol. The molecule has 3 rings (SSSR count). The molecule has 0 saturated carbocycles. The minimum atomic E-state index is 0.700. The summed E-state index contributed by atoms with van der Waals surface area (Å²) in [6.45, 7) is 2.10. The number of methoxy groups -OCH3 is 4. The molecule has 0 aliphatic heterocycles. The third-order valence-corrected chi connectivity index (χ3v) is 4.61. The minimum absolute atomic E-state index is 0.700. The second-order valence-corrected chi connectivity index (χ2v) is 6.17. The van der Waals surface area contributed by atoms with Crippen LogP contribution >= 0.6 is 0 Å². The van der Waals surface area contributed by atoms with Gasteiger partial charge in [0.2, 0.25) is 0 Å². The predicted molar refractivity (Wildman–Crippen MR) is 108 cm³/mol. The van der Waals surface area contributed by atoms with E-state index in [1.54, 1.807) is 28.4 Å². The summed E-state index contributed by atoms with van der Waals surface area (Å²) in [6.07, 6.45) is 0. The second-order valence-electron chi connectivity index (χ2n) is 6.17. The monoisotopic (exact) mass is 364 g/mol. The van der Waals surface area contributed by atoms with Gasteiger partial charge in [-0.3, -0.25) is 0 Å². The van der Waals surface area contributed by atoms with Crippen molar-refractivity contribution in [2.24, 2.45) is 0 Å². The van der Waals surface area contributed by atoms with Crippen molar-refractivity contribution in [3.8, 4) is 45.3 Å². The molecule has 0 radical (unpaired) electrons. The molecule has 3 aromatic carbocycles. The van der Waals surface area contributed by atoms with Crippen LogP contribution in [0.15, 0.2) is 54.6 Å². The number of benzene rings is 3. The Balaban J connectivity index is 2.23. The van der Waals surface area contributed by atoms with Crippen molar-refractivity contribution in [3.63, 3.8) is 0 Å². The lowest BCUT2D eigenvalue weighted by atomic mass is 9.90. The van der Waals surface area contributed by atoms with Crippen molar-refractivity contribution in [1.29, 1.82) is 0 Å². The molecule has 4 nitrogen and oxygen atoms in total. The number of aryl methyl sites for hydroxylation is 1. The van der Waals surface area contributed by atoms with Gasteiger partial charge >= 0.3 is 0 Å². The number of rotatable bonds is 6. The van der Waals surface area contributed by atoms with E-state index in [1.807, 2.05) is 36.4 Å². The van der Waals surface area contributed by atoms with Crippen LogP contribution < -0.4 is 18.9 Å². The zero-order valence-electron chi connectivity index (χ0n) is 16.3. The first-order valence-corrected chi connectivity index (χ1v) is 8.66. The fourth-order valence-corrected chi connectivity index (χ4v) is 3.25. The van der Waals surface area contributed by atoms with Crippen LogP contribution in [0.4, 0.5) is 0 Å². The lowest BCUT2D eigenvalue weighted by molar-refractivity contribution is 0.355. The van der Waals surface area contributed by atoms with Gasteiger partial charge in [-0.1, -0.05) is 24.3 Å². The van der Waals surface area contributed by atoms with Crippen molar-refractivity contribution >= 4 is 0 Å². The van der Waals surface area contributed by atoms with Crippen LogP contribution in [0.5, 0.6) is 23.0 Å². The summed E-state index contributed by atoms with van der Waals surface area (Å²) in [5, 5.41) is 0. The third kappa shape index (κ3) is 3.70. The largest absolute Gasteiger partial charge is 0.497 e. The quantitative estimate of drug-likeness (QED) is 0.590. The zero-order chi connectivity index (χ0) is 19.4. The van der Waals surface area contributed by atoms with Gasteiger partial charge in [0, 0.05) is 6.07 Å². The Hall–Kier alpha value is -3.14. The topological polar surface area (TPSA) is 36.9 Å². The number of hydrogen-bond acceptors (Lipinski definition) is 4. The summed E-state index contributed by atoms with van der Waals surface area (Å²) in [7, 11) is 6.60. The van der Waals surface area contributed by atoms with Gasteiger partial charge < -0.3 is 18.9 Å². The van der Waals surface area contributed by atoms with E-state index in [0.29, 0.717) is 11.5 Å². The van der Waals surface area contributed by atoms with Crippen molar-refractivity contribution in [3.05, 3.63) is 60.2 Å². The van der Waals surface area contributed by atoms with Gasteiger partial charge in [-0.15, -0.1) is 0 Å². The lowest BCUT2D eigenvalue weighted by Gasteiger charge is -2.17. The van der Waals surface area contributed by atoms with E-state index >= 15 is 0 Å². The molecule has 0 spiro atoms. The van der Waals surface area contributed by atoms with E-state index in [1.165, 1.54) is 0 Å². The van der Waals surface area contributed by atoms with Crippen LogP contribution in [0.3, 0.4) is 0 Å². The maximum Gasteiger partial charge on any atom is 0.161 e. The molecule has 27 heavy (non-hydrogen) atoms. The molecule has 0 bridgehead atoms. The Morgan fingerprint density at radius 1 is 0.593 bits per heavy atom. The summed E-state index contributed by atoms with van der Waals surface area (Å²) < 4.78 is 21.8. The molecule has 140 valence electrons. The van der Waals surface area contributed by atoms with Crippen LogP contribution in [-0.4, -0.2) is 28.4 Å². The molecule has 0 atom stereocenters. The van der Waals surface area contributed by atoms with Crippen molar-refractivity contribution < 1.29 is 18.9 Å². The first-order valence-electron chi connectivity index (χ1n) is 8.66. The highest BCUT2D eigenvalue weighted by atomic mass is 16.5. The van der Waals surface area contributed by atoms with Crippen molar-refractivity contribution in [1.82, 2.24) is 0 Å². The predicted octanol–water partition coefficient (Wildman–Crippen LogP) is 5.36. The highest BCUT2D eigenvalue weighted by Crippen LogP contribution is 2.40. The maximum atomic E-state index is 5.48. The molecule has 0 amide bonds. The minimum Gasteiger partial charge on any atom is -0.497 e. The first-order chi connectivity index (χ1) is 13.1. The van der Waals surface area contributed by atoms with Gasteiger partial charge in [0.05, 0.1) is 28.4 Å². The van der Waals surface area contributed by atoms with Crippen LogP contribution in [-0.2, 0) is 0 Å². The average Bonchev–Trinajstić information content (AvgIpc) is 2.72. The first kappa shape index (κ1) is 18.6. The second kappa shape index (κ2) is 8.04. The standard InChI is InChI=1S/C23H24O4/c1-15-7-6-8-20(16-9-10-21(26-4)22(13-16)27-5)23(15)17-11-18(24-2)14-19(12-17)25-3/h6-14H,1-5H3. The SMILES string of the molecule is COc1cc(OC)cc(-c2c(C)cccc2-c2ccc(OC)c(OC)c2)c1. The Labute approximate surface area is 160 Å². The lowest BCUT2D eigenvalue weighted by Crippen LogP contribution is -1.94. The number of ether oxygens (including phenoxy) is 4. The fraction of sp³-hybridized carbons (Fsp3) is 0.217. The number of hydrogen-bond donors (Lipinski definition) is 0. The molecule has 0 saturated heterocycles. The van der Waals surface area contributed by atoms with Crippen molar-refractivity contribution in [2.75, 3.05) is 28.4 Å². The van der Waals surface area contributed by atoms with E-state index in [9.17, 15) is 0 Å². The highest BCUT2D eigenvalue weighted by Gasteiger charge is 2.14. The smallest absolute Gasteiger partial charge is 0.161 e. The molecule has 3 aromatic rings. The van der Waals surface area contributed by atoms with Gasteiger partial charge in [0.1, 0.15) is 11.5 Å². The highest BCUT2D eigenvalue weighted by molar-refractivity contribution is 5.87. The molecular formula is C23H24O4. The Bertz CT molecular complexity index is 925. The van der Waals surface area contributed by atoms with Gasteiger partial charge in [-0.2, -0.15) is 0 Å². The summed E-state index contributed by atoms with van der Waals surface area (Å²) in [5.41, 5.74) is 5.48. The third-order valence-electron chi connectivity index (χ3n) is 4.61. The molecule has 0 fully saturated rings. The van der Waals surface area contributed by atoms with Crippen LogP contribution in [0, 0.1) is 6.92 Å². The van der Waals surface area contributed by atoms with E-state index < -0.39 is 0 Å². The van der Waals surface area contributed by atoms with E-state index in [0.717, 1.165) is 39.3 Å². The molecule has 0 aliphatic rings. The molecule has 4 heteroatoms. The molecule has 0 aromatic heterocycles. The van der Waals surface area contributed by atoms with Gasteiger partial charge in [-0.05, 0) is 59.0 Å². The van der Waals surface area contributed by atoms with Crippen LogP contribution in [0.1, 0.15) is 5.56 Å². The average molecular weight is 364 g/mol. The van der Waals surface area contributed by atoms with Crippen LogP contribution in [0.2, 0.25) is 0 Å². The normalized spacial score (nSPS) is 10.4. The molecule has 0 N–H and O–H groups in total.